The molecule has 1 fully saturated rings. The van der Waals surface area contributed by atoms with Crippen LogP contribution in [0.4, 0.5) is 18.9 Å². The van der Waals surface area contributed by atoms with Gasteiger partial charge in [0.25, 0.3) is 5.91 Å². The lowest BCUT2D eigenvalue weighted by Gasteiger charge is -2.38. The second-order valence-electron chi connectivity index (χ2n) is 9.26. The fourth-order valence-electron chi connectivity index (χ4n) is 5.11. The number of halogens is 3. The topological polar surface area (TPSA) is 44.4 Å². The predicted molar refractivity (Wildman–Crippen MR) is 131 cm³/mol. The maximum atomic E-state index is 13.2. The van der Waals surface area contributed by atoms with E-state index < -0.39 is 11.7 Å². The normalized spacial score (nSPS) is 17.1. The fraction of sp³-hybridized carbons (Fsp3) is 0.321. The Kier molecular flexibility index (Phi) is 6.62. The number of fused-ring (bicyclic) bond motifs is 1. The quantitative estimate of drug-likeness (QED) is 0.502. The van der Waals surface area contributed by atoms with E-state index >= 15 is 0 Å². The lowest BCUT2D eigenvalue weighted by atomic mass is 9.95. The molecule has 0 aromatic heterocycles. The molecule has 0 atom stereocenters. The Morgan fingerprint density at radius 1 is 0.943 bits per heavy atom. The zero-order valence-corrected chi connectivity index (χ0v) is 19.4. The molecule has 7 heteroatoms. The SMILES string of the molecule is O=C(Nc1ccc2c(c1)CCN(C1CCNCC1)C2)c1ccccc1-c1ccc(C(F)(F)F)cc1. The first-order valence-electron chi connectivity index (χ1n) is 12.0. The average Bonchev–Trinajstić information content (AvgIpc) is 2.88. The van der Waals surface area contributed by atoms with Crippen LogP contribution in [0.5, 0.6) is 0 Å². The molecule has 0 aliphatic carbocycles. The van der Waals surface area contributed by atoms with E-state index in [1.54, 1.807) is 24.3 Å². The lowest BCUT2D eigenvalue weighted by Crippen LogP contribution is -2.45. The minimum absolute atomic E-state index is 0.285. The van der Waals surface area contributed by atoms with Gasteiger partial charge < -0.3 is 10.6 Å². The average molecular weight is 480 g/mol. The summed E-state index contributed by atoms with van der Waals surface area (Å²) in [4.78, 5) is 15.7. The summed E-state index contributed by atoms with van der Waals surface area (Å²) >= 11 is 0. The molecule has 0 bridgehead atoms. The Balaban J connectivity index is 1.31. The smallest absolute Gasteiger partial charge is 0.322 e. The number of carbonyl (C=O) groups is 1. The van der Waals surface area contributed by atoms with Crippen LogP contribution in [0.3, 0.4) is 0 Å². The number of alkyl halides is 3. The van der Waals surface area contributed by atoms with Crippen LogP contribution in [0.15, 0.2) is 66.7 Å². The first kappa shape index (κ1) is 23.6. The number of hydrogen-bond donors (Lipinski definition) is 2. The van der Waals surface area contributed by atoms with Gasteiger partial charge in [0.15, 0.2) is 0 Å². The fourth-order valence-corrected chi connectivity index (χ4v) is 5.11. The standard InChI is InChI=1S/C28H28F3N3O/c29-28(30,31)22-8-5-19(6-9-22)25-3-1-2-4-26(25)27(35)33-23-10-7-21-18-34(16-13-20(21)17-23)24-11-14-32-15-12-24/h1-10,17,24,32H,11-16,18H2,(H,33,35). The van der Waals surface area contributed by atoms with Crippen LogP contribution < -0.4 is 10.6 Å². The largest absolute Gasteiger partial charge is 0.416 e. The van der Waals surface area contributed by atoms with Crippen molar-refractivity contribution in [3.05, 3.63) is 89.0 Å². The summed E-state index contributed by atoms with van der Waals surface area (Å²) in [6.07, 6.45) is -1.08. The molecule has 182 valence electrons. The molecule has 1 amide bonds. The Hall–Kier alpha value is -3.16. The predicted octanol–water partition coefficient (Wildman–Crippen LogP) is 5.73. The number of hydrogen-bond acceptors (Lipinski definition) is 3. The minimum Gasteiger partial charge on any atom is -0.322 e. The van der Waals surface area contributed by atoms with Crippen molar-refractivity contribution in [1.29, 1.82) is 0 Å². The summed E-state index contributed by atoms with van der Waals surface area (Å²) in [5, 5.41) is 6.41. The number of rotatable bonds is 4. The molecule has 2 aliphatic heterocycles. The Bertz CT molecular complexity index is 1200. The molecule has 2 heterocycles. The van der Waals surface area contributed by atoms with Gasteiger partial charge in [0, 0.05) is 30.4 Å². The van der Waals surface area contributed by atoms with Crippen molar-refractivity contribution in [3.63, 3.8) is 0 Å². The van der Waals surface area contributed by atoms with Crippen molar-refractivity contribution in [2.45, 2.75) is 38.0 Å². The van der Waals surface area contributed by atoms with Gasteiger partial charge in [-0.25, -0.2) is 0 Å². The first-order chi connectivity index (χ1) is 16.9. The monoisotopic (exact) mass is 479 g/mol. The summed E-state index contributed by atoms with van der Waals surface area (Å²) in [5.74, 6) is -0.285. The maximum absolute atomic E-state index is 13.2. The van der Waals surface area contributed by atoms with Gasteiger partial charge in [-0.05, 0) is 84.9 Å². The van der Waals surface area contributed by atoms with Crippen LogP contribution in [0.2, 0.25) is 0 Å². The highest BCUT2D eigenvalue weighted by Crippen LogP contribution is 2.32. The van der Waals surface area contributed by atoms with E-state index in [9.17, 15) is 18.0 Å². The molecule has 35 heavy (non-hydrogen) atoms. The van der Waals surface area contributed by atoms with Gasteiger partial charge in [-0.3, -0.25) is 9.69 Å². The number of amides is 1. The Morgan fingerprint density at radius 2 is 1.69 bits per heavy atom. The molecule has 0 radical (unpaired) electrons. The molecule has 4 nitrogen and oxygen atoms in total. The third-order valence-corrected chi connectivity index (χ3v) is 7.03. The molecule has 2 aliphatic rings. The summed E-state index contributed by atoms with van der Waals surface area (Å²) in [7, 11) is 0. The van der Waals surface area contributed by atoms with E-state index in [1.165, 1.54) is 36.1 Å². The van der Waals surface area contributed by atoms with Gasteiger partial charge in [-0.2, -0.15) is 13.2 Å². The van der Waals surface area contributed by atoms with E-state index in [1.807, 2.05) is 12.1 Å². The van der Waals surface area contributed by atoms with Crippen molar-refractivity contribution in [2.75, 3.05) is 25.0 Å². The Morgan fingerprint density at radius 3 is 2.43 bits per heavy atom. The summed E-state index contributed by atoms with van der Waals surface area (Å²) in [6, 6.07) is 18.6. The van der Waals surface area contributed by atoms with Crippen LogP contribution in [0, 0.1) is 0 Å². The van der Waals surface area contributed by atoms with Crippen LogP contribution in [-0.4, -0.2) is 36.5 Å². The van der Waals surface area contributed by atoms with E-state index in [0.29, 0.717) is 22.7 Å². The van der Waals surface area contributed by atoms with E-state index in [0.717, 1.165) is 50.4 Å². The van der Waals surface area contributed by atoms with Gasteiger partial charge in [0.1, 0.15) is 0 Å². The van der Waals surface area contributed by atoms with Gasteiger partial charge in [-0.1, -0.05) is 36.4 Å². The molecule has 3 aromatic carbocycles. The van der Waals surface area contributed by atoms with Crippen molar-refractivity contribution in [2.24, 2.45) is 0 Å². The number of carbonyl (C=O) groups excluding carboxylic acids is 1. The van der Waals surface area contributed by atoms with E-state index in [-0.39, 0.29) is 5.91 Å². The number of nitrogens with zero attached hydrogens (tertiary/aromatic N) is 1. The molecular weight excluding hydrogens is 451 g/mol. The first-order valence-corrected chi connectivity index (χ1v) is 12.0. The molecule has 0 spiro atoms. The number of benzene rings is 3. The Labute approximate surface area is 203 Å². The molecule has 2 N–H and O–H groups in total. The zero-order valence-electron chi connectivity index (χ0n) is 19.4. The van der Waals surface area contributed by atoms with Gasteiger partial charge in [-0.15, -0.1) is 0 Å². The van der Waals surface area contributed by atoms with Crippen LogP contribution in [0.1, 0.15) is 39.9 Å². The molecule has 0 saturated carbocycles. The highest BCUT2D eigenvalue weighted by Gasteiger charge is 2.30. The lowest BCUT2D eigenvalue weighted by molar-refractivity contribution is -0.137. The summed E-state index contributed by atoms with van der Waals surface area (Å²) in [6.45, 7) is 4.11. The van der Waals surface area contributed by atoms with Crippen LogP contribution in [-0.2, 0) is 19.1 Å². The van der Waals surface area contributed by atoms with E-state index in [2.05, 4.69) is 21.6 Å². The van der Waals surface area contributed by atoms with Gasteiger partial charge >= 0.3 is 6.18 Å². The van der Waals surface area contributed by atoms with Crippen molar-refractivity contribution >= 4 is 11.6 Å². The summed E-state index contributed by atoms with van der Waals surface area (Å²) in [5.41, 5.74) is 4.15. The molecule has 1 saturated heterocycles. The third-order valence-electron chi connectivity index (χ3n) is 7.03. The number of anilines is 1. The second-order valence-corrected chi connectivity index (χ2v) is 9.26. The number of piperidine rings is 1. The minimum atomic E-state index is -4.40. The van der Waals surface area contributed by atoms with Crippen molar-refractivity contribution < 1.29 is 18.0 Å². The second kappa shape index (κ2) is 9.84. The molecule has 3 aromatic rings. The molecule has 0 unspecified atom stereocenters. The van der Waals surface area contributed by atoms with Gasteiger partial charge in [0.2, 0.25) is 0 Å². The zero-order chi connectivity index (χ0) is 24.4. The van der Waals surface area contributed by atoms with Crippen molar-refractivity contribution in [3.8, 4) is 11.1 Å². The highest BCUT2D eigenvalue weighted by molar-refractivity contribution is 6.08. The molecule has 5 rings (SSSR count). The van der Waals surface area contributed by atoms with Gasteiger partial charge in [0.05, 0.1) is 5.56 Å². The number of nitrogens with one attached hydrogen (secondary N) is 2. The maximum Gasteiger partial charge on any atom is 0.416 e. The highest BCUT2D eigenvalue weighted by atomic mass is 19.4. The molecular formula is C28H28F3N3O. The third kappa shape index (κ3) is 5.26. The van der Waals surface area contributed by atoms with Crippen LogP contribution >= 0.6 is 0 Å². The summed E-state index contributed by atoms with van der Waals surface area (Å²) < 4.78 is 38.8. The van der Waals surface area contributed by atoms with E-state index in [4.69, 9.17) is 0 Å². The van der Waals surface area contributed by atoms with Crippen LogP contribution in [0.25, 0.3) is 11.1 Å². The van der Waals surface area contributed by atoms with Crippen molar-refractivity contribution in [1.82, 2.24) is 10.2 Å².